The SMILES string of the molecule is O=C(N/N=C\c1cn(-c2ccccc2)nc1-c1cc2ccccc2o1)C1CC1. The maximum absolute atomic E-state index is 11.8. The number of nitrogens with one attached hydrogen (secondary N) is 1. The van der Waals surface area contributed by atoms with Crippen LogP contribution in [0.1, 0.15) is 18.4 Å². The molecule has 0 radical (unpaired) electrons. The third-order valence-electron chi connectivity index (χ3n) is 4.75. The summed E-state index contributed by atoms with van der Waals surface area (Å²) in [6.45, 7) is 0. The van der Waals surface area contributed by atoms with Crippen molar-refractivity contribution in [1.82, 2.24) is 15.2 Å². The van der Waals surface area contributed by atoms with Gasteiger partial charge >= 0.3 is 0 Å². The number of hydrazone groups is 1. The van der Waals surface area contributed by atoms with E-state index in [1.165, 1.54) is 0 Å². The quantitative estimate of drug-likeness (QED) is 0.424. The Bertz CT molecular complexity index is 1140. The number of hydrogen-bond acceptors (Lipinski definition) is 4. The Hall–Kier alpha value is -3.67. The lowest BCUT2D eigenvalue weighted by molar-refractivity contribution is -0.122. The lowest BCUT2D eigenvalue weighted by Crippen LogP contribution is -2.18. The molecule has 6 nitrogen and oxygen atoms in total. The van der Waals surface area contributed by atoms with E-state index in [1.807, 2.05) is 66.9 Å². The highest BCUT2D eigenvalue weighted by molar-refractivity contribution is 5.91. The van der Waals surface area contributed by atoms with Gasteiger partial charge in [-0.15, -0.1) is 0 Å². The molecule has 1 aliphatic carbocycles. The maximum Gasteiger partial charge on any atom is 0.243 e. The van der Waals surface area contributed by atoms with Gasteiger partial charge in [0.15, 0.2) is 5.76 Å². The van der Waals surface area contributed by atoms with Gasteiger partial charge < -0.3 is 4.42 Å². The van der Waals surface area contributed by atoms with E-state index in [9.17, 15) is 4.79 Å². The first-order chi connectivity index (χ1) is 13.8. The van der Waals surface area contributed by atoms with E-state index >= 15 is 0 Å². The highest BCUT2D eigenvalue weighted by Crippen LogP contribution is 2.30. The average Bonchev–Trinajstić information content (AvgIpc) is 3.36. The Morgan fingerprint density at radius 2 is 1.93 bits per heavy atom. The van der Waals surface area contributed by atoms with Crippen molar-refractivity contribution in [3.63, 3.8) is 0 Å². The van der Waals surface area contributed by atoms with Crippen LogP contribution in [-0.2, 0) is 4.79 Å². The number of furan rings is 1. The minimum atomic E-state index is -0.0306. The topological polar surface area (TPSA) is 72.4 Å². The summed E-state index contributed by atoms with van der Waals surface area (Å²) in [5.74, 6) is 0.738. The van der Waals surface area contributed by atoms with Gasteiger partial charge in [0.05, 0.1) is 11.9 Å². The largest absolute Gasteiger partial charge is 0.454 e. The Labute approximate surface area is 161 Å². The number of carbonyl (C=O) groups is 1. The van der Waals surface area contributed by atoms with Gasteiger partial charge in [0.1, 0.15) is 11.3 Å². The van der Waals surface area contributed by atoms with Crippen molar-refractivity contribution in [3.05, 3.63) is 72.4 Å². The fourth-order valence-electron chi connectivity index (χ4n) is 3.09. The van der Waals surface area contributed by atoms with Crippen LogP contribution >= 0.6 is 0 Å². The molecule has 0 atom stereocenters. The Balaban J connectivity index is 1.54. The van der Waals surface area contributed by atoms with Crippen LogP contribution in [0.2, 0.25) is 0 Å². The van der Waals surface area contributed by atoms with Crippen molar-refractivity contribution in [2.45, 2.75) is 12.8 Å². The second-order valence-corrected chi connectivity index (χ2v) is 6.87. The summed E-state index contributed by atoms with van der Waals surface area (Å²) in [7, 11) is 0. The van der Waals surface area contributed by atoms with Crippen LogP contribution in [0.15, 0.2) is 76.4 Å². The zero-order valence-corrected chi connectivity index (χ0v) is 15.1. The predicted octanol–water partition coefficient (Wildman–Crippen LogP) is 4.15. The molecule has 0 bridgehead atoms. The van der Waals surface area contributed by atoms with Gasteiger partial charge in [0, 0.05) is 23.1 Å². The summed E-state index contributed by atoms with van der Waals surface area (Å²) in [5.41, 5.74) is 5.78. The molecule has 138 valence electrons. The van der Waals surface area contributed by atoms with Gasteiger partial charge in [-0.1, -0.05) is 36.4 Å². The monoisotopic (exact) mass is 370 g/mol. The second-order valence-electron chi connectivity index (χ2n) is 6.87. The molecule has 2 aromatic carbocycles. The number of fused-ring (bicyclic) bond motifs is 1. The normalized spacial score (nSPS) is 14.0. The van der Waals surface area contributed by atoms with E-state index in [0.717, 1.165) is 35.1 Å². The molecule has 1 N–H and O–H groups in total. The predicted molar refractivity (Wildman–Crippen MR) is 107 cm³/mol. The van der Waals surface area contributed by atoms with E-state index in [1.54, 1.807) is 10.9 Å². The number of amides is 1. The summed E-state index contributed by atoms with van der Waals surface area (Å²) >= 11 is 0. The van der Waals surface area contributed by atoms with Crippen molar-refractivity contribution >= 4 is 23.1 Å². The standard InChI is InChI=1S/C22H18N4O2/c27-22(15-10-11-15)24-23-13-17-14-26(18-7-2-1-3-8-18)25-21(17)20-12-16-6-4-5-9-19(16)28-20/h1-9,12-15H,10-11H2,(H,24,27)/b23-13-. The van der Waals surface area contributed by atoms with Crippen molar-refractivity contribution < 1.29 is 9.21 Å². The summed E-state index contributed by atoms with van der Waals surface area (Å²) in [6, 6.07) is 19.6. The first kappa shape index (κ1) is 16.5. The molecule has 28 heavy (non-hydrogen) atoms. The maximum atomic E-state index is 11.8. The molecule has 2 heterocycles. The molecule has 2 aromatic heterocycles. The zero-order chi connectivity index (χ0) is 18.9. The summed E-state index contributed by atoms with van der Waals surface area (Å²) in [4.78, 5) is 11.8. The lowest BCUT2D eigenvalue weighted by atomic mass is 10.2. The molecule has 5 rings (SSSR count). The molecule has 0 spiro atoms. The number of aromatic nitrogens is 2. The van der Waals surface area contributed by atoms with Gasteiger partial charge in [-0.3, -0.25) is 4.79 Å². The van der Waals surface area contributed by atoms with Crippen molar-refractivity contribution in [1.29, 1.82) is 0 Å². The van der Waals surface area contributed by atoms with Crippen molar-refractivity contribution in [3.8, 4) is 17.1 Å². The van der Waals surface area contributed by atoms with Crippen LogP contribution in [0.5, 0.6) is 0 Å². The van der Waals surface area contributed by atoms with Crippen LogP contribution in [0.25, 0.3) is 28.1 Å². The fourth-order valence-corrected chi connectivity index (χ4v) is 3.09. The van der Waals surface area contributed by atoms with Gasteiger partial charge in [-0.25, -0.2) is 10.1 Å². The molecule has 0 saturated heterocycles. The van der Waals surface area contributed by atoms with Gasteiger partial charge in [0.2, 0.25) is 5.91 Å². The highest BCUT2D eigenvalue weighted by atomic mass is 16.3. The number of nitrogens with zero attached hydrogens (tertiary/aromatic N) is 3. The molecular formula is C22H18N4O2. The average molecular weight is 370 g/mol. The van der Waals surface area contributed by atoms with E-state index in [2.05, 4.69) is 10.5 Å². The summed E-state index contributed by atoms with van der Waals surface area (Å²) in [5, 5.41) is 9.85. The smallest absolute Gasteiger partial charge is 0.243 e. The number of carbonyl (C=O) groups excluding carboxylic acids is 1. The number of benzene rings is 2. The molecule has 0 aliphatic heterocycles. The highest BCUT2D eigenvalue weighted by Gasteiger charge is 2.29. The minimum absolute atomic E-state index is 0.0306. The van der Waals surface area contributed by atoms with Gasteiger partial charge in [0.25, 0.3) is 0 Å². The van der Waals surface area contributed by atoms with Gasteiger partial charge in [-0.2, -0.15) is 10.2 Å². The lowest BCUT2D eigenvalue weighted by Gasteiger charge is -1.98. The minimum Gasteiger partial charge on any atom is -0.454 e. The summed E-state index contributed by atoms with van der Waals surface area (Å²) in [6.07, 6.45) is 5.38. The van der Waals surface area contributed by atoms with Crippen molar-refractivity contribution in [2.75, 3.05) is 0 Å². The molecule has 0 unspecified atom stereocenters. The fraction of sp³-hybridized carbons (Fsp3) is 0.136. The van der Waals surface area contributed by atoms with Crippen LogP contribution in [0.4, 0.5) is 0 Å². The van der Waals surface area contributed by atoms with E-state index in [4.69, 9.17) is 9.52 Å². The first-order valence-corrected chi connectivity index (χ1v) is 9.25. The van der Waals surface area contributed by atoms with Crippen molar-refractivity contribution in [2.24, 2.45) is 11.0 Å². The molecule has 1 amide bonds. The molecule has 6 heteroatoms. The number of rotatable bonds is 5. The summed E-state index contributed by atoms with van der Waals surface area (Å²) < 4.78 is 7.78. The van der Waals surface area contributed by atoms with E-state index in [0.29, 0.717) is 11.5 Å². The Morgan fingerprint density at radius 1 is 1.14 bits per heavy atom. The molecular weight excluding hydrogens is 352 g/mol. The van der Waals surface area contributed by atoms with E-state index in [-0.39, 0.29) is 11.8 Å². The van der Waals surface area contributed by atoms with Crippen LogP contribution < -0.4 is 5.43 Å². The Morgan fingerprint density at radius 3 is 2.71 bits per heavy atom. The number of hydrogen-bond donors (Lipinski definition) is 1. The van der Waals surface area contributed by atoms with Gasteiger partial charge in [-0.05, 0) is 37.1 Å². The third-order valence-corrected chi connectivity index (χ3v) is 4.75. The molecule has 1 saturated carbocycles. The second kappa shape index (κ2) is 6.81. The first-order valence-electron chi connectivity index (χ1n) is 9.25. The third kappa shape index (κ3) is 3.20. The Kier molecular flexibility index (Phi) is 4.01. The molecule has 1 fully saturated rings. The molecule has 1 aliphatic rings. The van der Waals surface area contributed by atoms with Crippen LogP contribution in [0, 0.1) is 5.92 Å². The number of para-hydroxylation sites is 2. The van der Waals surface area contributed by atoms with Crippen LogP contribution in [-0.4, -0.2) is 21.9 Å². The van der Waals surface area contributed by atoms with E-state index < -0.39 is 0 Å². The van der Waals surface area contributed by atoms with Crippen LogP contribution in [0.3, 0.4) is 0 Å². The zero-order valence-electron chi connectivity index (χ0n) is 15.1. The molecule has 4 aromatic rings.